The van der Waals surface area contributed by atoms with Gasteiger partial charge in [-0.05, 0) is 46.9 Å². The predicted molar refractivity (Wildman–Crippen MR) is 173 cm³/mol. The number of para-hydroxylation sites is 1. The molecule has 0 radical (unpaired) electrons. The van der Waals surface area contributed by atoms with Gasteiger partial charge in [-0.15, -0.1) is 0 Å². The highest BCUT2D eigenvalue weighted by atomic mass is 19.4. The van der Waals surface area contributed by atoms with Crippen LogP contribution in [0.1, 0.15) is 44.1 Å². The van der Waals surface area contributed by atoms with Gasteiger partial charge in [-0.2, -0.15) is 13.2 Å². The molecule has 0 saturated heterocycles. The zero-order valence-corrected chi connectivity index (χ0v) is 24.9. The van der Waals surface area contributed by atoms with Gasteiger partial charge in [0.1, 0.15) is 12.4 Å². The first-order chi connectivity index (χ1) is 22.7. The van der Waals surface area contributed by atoms with Crippen molar-refractivity contribution in [2.75, 3.05) is 0 Å². The zero-order valence-electron chi connectivity index (χ0n) is 24.9. The predicted octanol–water partition coefficient (Wildman–Crippen LogP) is 9.14. The van der Waals surface area contributed by atoms with E-state index >= 15 is 0 Å². The van der Waals surface area contributed by atoms with Crippen LogP contribution in [0.15, 0.2) is 134 Å². The van der Waals surface area contributed by atoms with Crippen LogP contribution in [0.2, 0.25) is 0 Å². The molecule has 8 heteroatoms. The van der Waals surface area contributed by atoms with Crippen LogP contribution >= 0.6 is 0 Å². The molecule has 0 aliphatic rings. The van der Waals surface area contributed by atoms with Crippen LogP contribution in [0.5, 0.6) is 5.75 Å². The molecule has 6 rings (SSSR count). The Morgan fingerprint density at radius 2 is 1.45 bits per heavy atom. The average molecular weight is 632 g/mol. The highest BCUT2D eigenvalue weighted by Crippen LogP contribution is 2.39. The van der Waals surface area contributed by atoms with Crippen LogP contribution in [0, 0.1) is 0 Å². The van der Waals surface area contributed by atoms with Crippen molar-refractivity contribution >= 4 is 22.7 Å². The van der Waals surface area contributed by atoms with Crippen molar-refractivity contribution in [1.82, 2.24) is 4.98 Å². The van der Waals surface area contributed by atoms with E-state index in [4.69, 9.17) is 4.74 Å². The Kier molecular flexibility index (Phi) is 8.84. The number of nitrogens with zero attached hydrogens (tertiary/aromatic N) is 1. The molecule has 0 bridgehead atoms. The number of carbonyl (C=O) groups excluding carboxylic acids is 1. The monoisotopic (exact) mass is 631 g/mol. The Morgan fingerprint density at radius 3 is 2.13 bits per heavy atom. The van der Waals surface area contributed by atoms with E-state index in [9.17, 15) is 27.9 Å². The fraction of sp³-hybridized carbons (Fsp3) is 0.103. The number of hydrogen-bond donors (Lipinski definition) is 1. The number of halogens is 3. The second-order valence-corrected chi connectivity index (χ2v) is 11.1. The number of aromatic nitrogens is 1. The summed E-state index contributed by atoms with van der Waals surface area (Å²) < 4.78 is 47.9. The van der Waals surface area contributed by atoms with Crippen molar-refractivity contribution in [1.29, 1.82) is 0 Å². The van der Waals surface area contributed by atoms with Crippen molar-refractivity contribution in [3.63, 3.8) is 0 Å². The third kappa shape index (κ3) is 6.92. The molecule has 0 saturated carbocycles. The van der Waals surface area contributed by atoms with E-state index in [-0.39, 0.29) is 28.9 Å². The summed E-state index contributed by atoms with van der Waals surface area (Å²) in [6.07, 6.45) is -3.07. The van der Waals surface area contributed by atoms with E-state index in [1.54, 1.807) is 66.7 Å². The average Bonchev–Trinajstić information content (AvgIpc) is 3.09. The largest absolute Gasteiger partial charge is 0.489 e. The molecule has 1 aromatic heterocycles. The van der Waals surface area contributed by atoms with Gasteiger partial charge < -0.3 is 9.84 Å². The molecule has 0 amide bonds. The Hall–Kier alpha value is -5.76. The van der Waals surface area contributed by atoms with Gasteiger partial charge >= 0.3 is 12.1 Å². The minimum atomic E-state index is -4.64. The second-order valence-electron chi connectivity index (χ2n) is 11.1. The Labute approximate surface area is 268 Å². The molecule has 6 aromatic rings. The number of aliphatic carboxylic acids is 1. The summed E-state index contributed by atoms with van der Waals surface area (Å²) in [5.41, 5.74) is 2.62. The Balaban J connectivity index is 1.30. The van der Waals surface area contributed by atoms with Gasteiger partial charge in [-0.25, -0.2) is 0 Å². The number of ether oxygens (including phenoxy) is 1. The normalized spacial score (nSPS) is 12.1. The van der Waals surface area contributed by atoms with Gasteiger partial charge in [0.05, 0.1) is 17.0 Å². The van der Waals surface area contributed by atoms with E-state index < -0.39 is 23.6 Å². The lowest BCUT2D eigenvalue weighted by molar-refractivity contribution is -0.139. The Morgan fingerprint density at radius 1 is 0.766 bits per heavy atom. The van der Waals surface area contributed by atoms with E-state index in [0.717, 1.165) is 17.2 Å². The van der Waals surface area contributed by atoms with E-state index in [0.29, 0.717) is 34.4 Å². The quantitative estimate of drug-likeness (QED) is 0.153. The van der Waals surface area contributed by atoms with Crippen molar-refractivity contribution in [3.05, 3.63) is 167 Å². The fourth-order valence-electron chi connectivity index (χ4n) is 5.63. The SMILES string of the molecule is O=C(c1ccccc1)c1cnc2c(C(F)(F)F)cccc2c1-c1cccc(OCc2ccc(C(Cc3ccccc3)C(=O)O)cc2)c1. The number of benzene rings is 5. The van der Waals surface area contributed by atoms with Gasteiger partial charge in [0.2, 0.25) is 0 Å². The van der Waals surface area contributed by atoms with Crippen LogP contribution in [0.25, 0.3) is 22.0 Å². The molecule has 5 aromatic carbocycles. The van der Waals surface area contributed by atoms with E-state index in [1.165, 1.54) is 18.3 Å². The number of pyridine rings is 1. The number of ketones is 1. The zero-order chi connectivity index (χ0) is 33.0. The molecule has 47 heavy (non-hydrogen) atoms. The first-order valence-electron chi connectivity index (χ1n) is 14.9. The molecule has 1 N–H and O–H groups in total. The summed E-state index contributed by atoms with van der Waals surface area (Å²) >= 11 is 0. The van der Waals surface area contributed by atoms with Crippen molar-refractivity contribution in [3.8, 4) is 16.9 Å². The maximum absolute atomic E-state index is 14.0. The summed E-state index contributed by atoms with van der Waals surface area (Å²) in [5, 5.41) is 10.1. The maximum atomic E-state index is 14.0. The first kappa shape index (κ1) is 31.2. The number of hydrogen-bond acceptors (Lipinski definition) is 4. The summed E-state index contributed by atoms with van der Waals surface area (Å²) in [4.78, 5) is 29.8. The van der Waals surface area contributed by atoms with Crippen LogP contribution in [0.4, 0.5) is 13.2 Å². The van der Waals surface area contributed by atoms with Crippen LogP contribution in [-0.2, 0) is 24.0 Å². The van der Waals surface area contributed by atoms with Crippen molar-refractivity contribution in [2.24, 2.45) is 0 Å². The summed E-state index contributed by atoms with van der Waals surface area (Å²) in [6, 6.07) is 35.8. The van der Waals surface area contributed by atoms with Crippen molar-refractivity contribution < 1.29 is 32.6 Å². The third-order valence-electron chi connectivity index (χ3n) is 7.97. The summed E-state index contributed by atoms with van der Waals surface area (Å²) in [5.74, 6) is -1.55. The molecule has 1 unspecified atom stereocenters. The first-order valence-corrected chi connectivity index (χ1v) is 14.9. The summed E-state index contributed by atoms with van der Waals surface area (Å²) in [7, 11) is 0. The van der Waals surface area contributed by atoms with Gasteiger partial charge in [-0.3, -0.25) is 14.6 Å². The smallest absolute Gasteiger partial charge is 0.418 e. The van der Waals surface area contributed by atoms with E-state index in [2.05, 4.69) is 4.98 Å². The molecule has 0 aliphatic heterocycles. The minimum Gasteiger partial charge on any atom is -0.489 e. The highest BCUT2D eigenvalue weighted by Gasteiger charge is 2.34. The van der Waals surface area contributed by atoms with Gasteiger partial charge in [0.25, 0.3) is 0 Å². The molecular weight excluding hydrogens is 603 g/mol. The number of carboxylic acid groups (broad SMARTS) is 1. The van der Waals surface area contributed by atoms with Crippen LogP contribution in [0.3, 0.4) is 0 Å². The summed E-state index contributed by atoms with van der Waals surface area (Å²) in [6.45, 7) is 0.158. The minimum absolute atomic E-state index is 0.158. The van der Waals surface area contributed by atoms with Crippen LogP contribution in [-0.4, -0.2) is 21.8 Å². The molecule has 234 valence electrons. The van der Waals surface area contributed by atoms with Gasteiger partial charge in [0.15, 0.2) is 5.78 Å². The molecule has 1 atom stereocenters. The maximum Gasteiger partial charge on any atom is 0.418 e. The molecular formula is C39H28F3NO4. The lowest BCUT2D eigenvalue weighted by Gasteiger charge is -2.17. The number of carbonyl (C=O) groups is 2. The van der Waals surface area contributed by atoms with E-state index in [1.807, 2.05) is 42.5 Å². The number of carboxylic acids is 1. The highest BCUT2D eigenvalue weighted by molar-refractivity contribution is 6.16. The molecule has 1 heterocycles. The standard InChI is InChI=1S/C39H28F3NO4/c40-39(41,42)34-16-8-15-31-35(33(23-43-36(31)34)37(44)28-11-5-2-6-12-28)29-13-7-14-30(22-29)47-24-26-17-19-27(20-18-26)32(38(45)46)21-25-9-3-1-4-10-25/h1-20,22-23,32H,21,24H2,(H,45,46). The van der Waals surface area contributed by atoms with Gasteiger partial charge in [-0.1, -0.05) is 109 Å². The molecule has 0 spiro atoms. The van der Waals surface area contributed by atoms with Crippen LogP contribution < -0.4 is 4.74 Å². The lowest BCUT2D eigenvalue weighted by Crippen LogP contribution is -2.14. The number of rotatable bonds is 10. The molecule has 0 fully saturated rings. The fourth-order valence-corrected chi connectivity index (χ4v) is 5.63. The Bertz CT molecular complexity index is 2040. The number of alkyl halides is 3. The topological polar surface area (TPSA) is 76.5 Å². The van der Waals surface area contributed by atoms with Crippen molar-refractivity contribution in [2.45, 2.75) is 25.1 Å². The second kappa shape index (κ2) is 13.3. The molecule has 5 nitrogen and oxygen atoms in total. The number of fused-ring (bicyclic) bond motifs is 1. The lowest BCUT2D eigenvalue weighted by atomic mass is 9.91. The van der Waals surface area contributed by atoms with Gasteiger partial charge in [0, 0.05) is 28.3 Å². The molecule has 0 aliphatic carbocycles. The third-order valence-corrected chi connectivity index (χ3v) is 7.97.